The number of amides is 1. The topological polar surface area (TPSA) is 57.8 Å². The number of thiophene rings is 1. The summed E-state index contributed by atoms with van der Waals surface area (Å²) in [4.78, 5) is 12.9. The molecule has 0 saturated heterocycles. The van der Waals surface area contributed by atoms with Crippen molar-refractivity contribution in [2.45, 2.75) is 0 Å². The molecule has 2 N–H and O–H groups in total. The molecule has 3 aromatic rings. The molecule has 0 bridgehead atoms. The van der Waals surface area contributed by atoms with Crippen LogP contribution >= 0.6 is 11.3 Å². The Morgan fingerprint density at radius 2 is 2.05 bits per heavy atom. The summed E-state index contributed by atoms with van der Waals surface area (Å²) >= 11 is 1.51. The summed E-state index contributed by atoms with van der Waals surface area (Å²) < 4.78 is 25.9. The van der Waals surface area contributed by atoms with Crippen LogP contribution in [0.2, 0.25) is 0 Å². The second kappa shape index (κ2) is 5.45. The third-order valence-corrected chi connectivity index (χ3v) is 3.68. The molecule has 0 radical (unpaired) electrons. The zero-order valence-corrected chi connectivity index (χ0v) is 11.4. The molecule has 2 heterocycles. The monoisotopic (exact) mass is 305 g/mol. The van der Waals surface area contributed by atoms with Crippen molar-refractivity contribution in [2.24, 2.45) is 0 Å². The van der Waals surface area contributed by atoms with E-state index in [1.165, 1.54) is 17.4 Å². The number of carbonyl (C=O) groups excluding carboxylic acids is 1. The highest BCUT2D eigenvalue weighted by molar-refractivity contribution is 7.13. The van der Waals surface area contributed by atoms with Crippen molar-refractivity contribution >= 4 is 22.9 Å². The number of aromatic nitrogens is 2. The van der Waals surface area contributed by atoms with Crippen molar-refractivity contribution in [1.82, 2.24) is 10.2 Å². The number of hydrogen-bond acceptors (Lipinski definition) is 3. The van der Waals surface area contributed by atoms with Crippen molar-refractivity contribution < 1.29 is 13.6 Å². The molecule has 0 aliphatic rings. The van der Waals surface area contributed by atoms with Crippen LogP contribution in [0.15, 0.2) is 41.8 Å². The van der Waals surface area contributed by atoms with Crippen LogP contribution in [0, 0.1) is 11.6 Å². The van der Waals surface area contributed by atoms with Crippen LogP contribution in [0.3, 0.4) is 0 Å². The maximum absolute atomic E-state index is 13.1. The Bertz CT molecular complexity index is 783. The van der Waals surface area contributed by atoms with Crippen molar-refractivity contribution in [1.29, 1.82) is 0 Å². The fourth-order valence-corrected chi connectivity index (χ4v) is 2.46. The number of H-pyrrole nitrogens is 1. The van der Waals surface area contributed by atoms with Gasteiger partial charge in [0, 0.05) is 11.8 Å². The smallest absolute Gasteiger partial charge is 0.276 e. The van der Waals surface area contributed by atoms with E-state index in [1.807, 2.05) is 17.5 Å². The Morgan fingerprint density at radius 3 is 2.76 bits per heavy atom. The second-order valence-corrected chi connectivity index (χ2v) is 5.17. The summed E-state index contributed by atoms with van der Waals surface area (Å²) in [7, 11) is 0. The van der Waals surface area contributed by atoms with Gasteiger partial charge in [0.25, 0.3) is 5.91 Å². The van der Waals surface area contributed by atoms with Gasteiger partial charge in [-0.2, -0.15) is 5.10 Å². The molecule has 0 fully saturated rings. The number of benzene rings is 1. The van der Waals surface area contributed by atoms with Crippen LogP contribution < -0.4 is 5.32 Å². The average Bonchev–Trinajstić information content (AvgIpc) is 3.12. The van der Waals surface area contributed by atoms with Crippen LogP contribution in [0.4, 0.5) is 14.5 Å². The highest BCUT2D eigenvalue weighted by Gasteiger charge is 2.13. The number of halogens is 2. The molecule has 21 heavy (non-hydrogen) atoms. The number of hydrogen-bond donors (Lipinski definition) is 2. The lowest BCUT2D eigenvalue weighted by atomic mass is 10.2. The van der Waals surface area contributed by atoms with E-state index in [0.29, 0.717) is 0 Å². The van der Waals surface area contributed by atoms with Gasteiger partial charge in [-0.05, 0) is 29.6 Å². The second-order valence-electron chi connectivity index (χ2n) is 4.23. The Kier molecular flexibility index (Phi) is 3.49. The largest absolute Gasteiger partial charge is 0.320 e. The number of nitrogens with zero attached hydrogens (tertiary/aromatic N) is 1. The molecule has 0 aliphatic heterocycles. The lowest BCUT2D eigenvalue weighted by Crippen LogP contribution is -2.12. The third kappa shape index (κ3) is 2.82. The molecule has 1 amide bonds. The predicted molar refractivity (Wildman–Crippen MR) is 76.2 cm³/mol. The van der Waals surface area contributed by atoms with Crippen LogP contribution in [0.5, 0.6) is 0 Å². The van der Waals surface area contributed by atoms with Gasteiger partial charge < -0.3 is 5.32 Å². The molecule has 2 aromatic heterocycles. The summed E-state index contributed by atoms with van der Waals surface area (Å²) in [5.74, 6) is -2.48. The third-order valence-electron chi connectivity index (χ3n) is 2.77. The first-order valence-electron chi connectivity index (χ1n) is 5.99. The Labute approximate surface area is 122 Å². The SMILES string of the molecule is O=C(Nc1ccc(F)c(F)c1)c1cc(-c2cccs2)[nH]n1. The van der Waals surface area contributed by atoms with E-state index in [-0.39, 0.29) is 11.4 Å². The first-order chi connectivity index (χ1) is 10.1. The van der Waals surface area contributed by atoms with Crippen molar-refractivity contribution in [3.05, 3.63) is 59.1 Å². The molecule has 0 spiro atoms. The molecule has 1 aromatic carbocycles. The number of rotatable bonds is 3. The minimum atomic E-state index is -1.02. The van der Waals surface area contributed by atoms with Crippen LogP contribution in [0.1, 0.15) is 10.5 Å². The van der Waals surface area contributed by atoms with E-state index in [0.717, 1.165) is 22.7 Å². The van der Waals surface area contributed by atoms with E-state index < -0.39 is 17.5 Å². The summed E-state index contributed by atoms with van der Waals surface area (Å²) in [6.07, 6.45) is 0. The number of carbonyl (C=O) groups is 1. The molecule has 0 unspecified atom stereocenters. The van der Waals surface area contributed by atoms with Gasteiger partial charge in [-0.15, -0.1) is 11.3 Å². The molecule has 0 aliphatic carbocycles. The van der Waals surface area contributed by atoms with Gasteiger partial charge in [0.1, 0.15) is 0 Å². The highest BCUT2D eigenvalue weighted by atomic mass is 32.1. The minimum absolute atomic E-state index is 0.166. The molecule has 7 heteroatoms. The zero-order chi connectivity index (χ0) is 14.8. The quantitative estimate of drug-likeness (QED) is 0.775. The predicted octanol–water partition coefficient (Wildman–Crippen LogP) is 3.67. The van der Waals surface area contributed by atoms with E-state index >= 15 is 0 Å². The van der Waals surface area contributed by atoms with Gasteiger partial charge in [0.05, 0.1) is 10.6 Å². The molecular formula is C14H9F2N3OS. The summed E-state index contributed by atoms with van der Waals surface area (Å²) in [5, 5.41) is 11.0. The normalized spacial score (nSPS) is 10.6. The van der Waals surface area contributed by atoms with E-state index in [9.17, 15) is 13.6 Å². The van der Waals surface area contributed by atoms with Crippen LogP contribution in [-0.4, -0.2) is 16.1 Å². The molecule has 0 saturated carbocycles. The first-order valence-corrected chi connectivity index (χ1v) is 6.87. The fraction of sp³-hybridized carbons (Fsp3) is 0. The van der Waals surface area contributed by atoms with E-state index in [4.69, 9.17) is 0 Å². The Balaban J connectivity index is 1.78. The fourth-order valence-electron chi connectivity index (χ4n) is 1.77. The first kappa shape index (κ1) is 13.4. The van der Waals surface area contributed by atoms with Crippen LogP contribution in [-0.2, 0) is 0 Å². The highest BCUT2D eigenvalue weighted by Crippen LogP contribution is 2.23. The average molecular weight is 305 g/mol. The standard InChI is InChI=1S/C14H9F2N3OS/c15-9-4-3-8(6-10(9)16)17-14(20)12-7-11(18-19-12)13-2-1-5-21-13/h1-7H,(H,17,20)(H,18,19). The van der Waals surface area contributed by atoms with Gasteiger partial charge in [0.15, 0.2) is 17.3 Å². The lowest BCUT2D eigenvalue weighted by molar-refractivity contribution is 0.102. The molecule has 106 valence electrons. The Morgan fingerprint density at radius 1 is 1.19 bits per heavy atom. The molecular weight excluding hydrogens is 296 g/mol. The number of aromatic amines is 1. The van der Waals surface area contributed by atoms with Gasteiger partial charge in [-0.3, -0.25) is 9.89 Å². The van der Waals surface area contributed by atoms with E-state index in [1.54, 1.807) is 6.07 Å². The Hall–Kier alpha value is -2.54. The number of nitrogens with one attached hydrogen (secondary N) is 2. The van der Waals surface area contributed by atoms with Crippen molar-refractivity contribution in [3.63, 3.8) is 0 Å². The molecule has 3 rings (SSSR count). The molecule has 4 nitrogen and oxygen atoms in total. The van der Waals surface area contributed by atoms with Gasteiger partial charge in [-0.1, -0.05) is 6.07 Å². The van der Waals surface area contributed by atoms with E-state index in [2.05, 4.69) is 15.5 Å². The van der Waals surface area contributed by atoms with Gasteiger partial charge in [0.2, 0.25) is 0 Å². The molecule has 0 atom stereocenters. The summed E-state index contributed by atoms with van der Waals surface area (Å²) in [5.41, 5.74) is 1.06. The number of anilines is 1. The van der Waals surface area contributed by atoms with Crippen molar-refractivity contribution in [2.75, 3.05) is 5.32 Å². The minimum Gasteiger partial charge on any atom is -0.320 e. The van der Waals surface area contributed by atoms with Gasteiger partial charge >= 0.3 is 0 Å². The maximum atomic E-state index is 13.1. The maximum Gasteiger partial charge on any atom is 0.276 e. The summed E-state index contributed by atoms with van der Waals surface area (Å²) in [6, 6.07) is 8.54. The van der Waals surface area contributed by atoms with Gasteiger partial charge in [-0.25, -0.2) is 8.78 Å². The van der Waals surface area contributed by atoms with Crippen molar-refractivity contribution in [3.8, 4) is 10.6 Å². The lowest BCUT2D eigenvalue weighted by Gasteiger charge is -2.03. The van der Waals surface area contributed by atoms with Crippen LogP contribution in [0.25, 0.3) is 10.6 Å². The summed E-state index contributed by atoms with van der Waals surface area (Å²) in [6.45, 7) is 0. The zero-order valence-electron chi connectivity index (χ0n) is 10.6.